The number of rotatable bonds is 3. The Bertz CT molecular complexity index is 284. The van der Waals surface area contributed by atoms with Crippen molar-refractivity contribution in [1.82, 2.24) is 0 Å². The molecule has 2 nitrogen and oxygen atoms in total. The topological polar surface area (TPSA) is 29.5 Å². The second kappa shape index (κ2) is 6.62. The van der Waals surface area contributed by atoms with Gasteiger partial charge in [-0.25, -0.2) is 0 Å². The zero-order chi connectivity index (χ0) is 8.97. The Morgan fingerprint density at radius 1 is 1.54 bits per heavy atom. The van der Waals surface area contributed by atoms with Crippen molar-refractivity contribution in [2.75, 3.05) is 7.11 Å². The molecule has 0 heterocycles. The molecule has 0 atom stereocenters. The van der Waals surface area contributed by atoms with E-state index in [1.54, 1.807) is 12.1 Å². The van der Waals surface area contributed by atoms with E-state index in [2.05, 4.69) is 6.58 Å². The summed E-state index contributed by atoms with van der Waals surface area (Å²) in [6.45, 7) is 3.63. The summed E-state index contributed by atoms with van der Waals surface area (Å²) in [7, 11) is 1.53. The van der Waals surface area contributed by atoms with E-state index in [9.17, 15) is 5.11 Å². The molecule has 13 heavy (non-hydrogen) atoms. The minimum absolute atomic E-state index is 0. The molecule has 0 radical (unpaired) electrons. The maximum atomic E-state index is 9.25. The first-order chi connectivity index (χ1) is 5.77. The molecule has 1 aromatic rings. The molecule has 0 unspecified atom stereocenters. The zero-order valence-electron chi connectivity index (χ0n) is 7.08. The van der Waals surface area contributed by atoms with E-state index in [0.717, 1.165) is 12.0 Å². The summed E-state index contributed by atoms with van der Waals surface area (Å²) >= 11 is 0. The molecule has 0 aromatic heterocycles. The van der Waals surface area contributed by atoms with Crippen LogP contribution in [-0.4, -0.2) is 63.6 Å². The fraction of sp³-hybridized carbons (Fsp3) is 0.200. The van der Waals surface area contributed by atoms with Gasteiger partial charge >= 0.3 is 51.4 Å². The molecule has 0 saturated heterocycles. The predicted molar refractivity (Wildman–Crippen MR) is 55.7 cm³/mol. The van der Waals surface area contributed by atoms with Crippen LogP contribution in [0.15, 0.2) is 30.9 Å². The van der Waals surface area contributed by atoms with Gasteiger partial charge in [0.05, 0.1) is 7.11 Å². The van der Waals surface area contributed by atoms with Crippen LogP contribution in [0.2, 0.25) is 0 Å². The first kappa shape index (κ1) is 13.2. The number of phenolic OH excluding ortho intramolecular Hbond substituents is 1. The number of ether oxygens (including phenoxy) is 1. The van der Waals surface area contributed by atoms with Crippen molar-refractivity contribution in [1.29, 1.82) is 0 Å². The van der Waals surface area contributed by atoms with Gasteiger partial charge in [-0.2, -0.15) is 0 Å². The van der Waals surface area contributed by atoms with Gasteiger partial charge in [0.25, 0.3) is 0 Å². The average molecular weight is 204 g/mol. The van der Waals surface area contributed by atoms with Crippen LogP contribution in [0.25, 0.3) is 0 Å². The molecule has 0 amide bonds. The van der Waals surface area contributed by atoms with E-state index in [0.29, 0.717) is 5.75 Å². The predicted octanol–water partition coefficient (Wildman–Crippen LogP) is 1.48. The molecule has 0 aliphatic heterocycles. The van der Waals surface area contributed by atoms with Crippen molar-refractivity contribution in [3.8, 4) is 11.5 Å². The summed E-state index contributed by atoms with van der Waals surface area (Å²) in [6.07, 6.45) is 2.60. The molecular weight excluding hydrogens is 191 g/mol. The number of allylic oxidation sites excluding steroid dienone is 1. The van der Waals surface area contributed by atoms with Crippen LogP contribution in [0.1, 0.15) is 5.56 Å². The third-order valence-corrected chi connectivity index (χ3v) is 1.62. The Hall–Kier alpha value is 0.196. The average Bonchev–Trinajstić information content (AvgIpc) is 2.09. The number of hydrogen-bond donors (Lipinski definition) is 1. The monoisotopic (exact) mass is 204 g/mol. The normalized spacial score (nSPS) is 8.69. The van der Waals surface area contributed by atoms with Crippen molar-refractivity contribution in [3.63, 3.8) is 0 Å². The molecule has 0 aliphatic carbocycles. The first-order valence-corrected chi connectivity index (χ1v) is 3.74. The van der Waals surface area contributed by atoms with Gasteiger partial charge in [-0.1, -0.05) is 12.1 Å². The Labute approximate surface area is 121 Å². The number of aromatic hydroxyl groups is 1. The van der Waals surface area contributed by atoms with Gasteiger partial charge in [-0.3, -0.25) is 0 Å². The molecule has 1 aromatic carbocycles. The SMILES string of the molecule is C=CCc1ccc(O)c(OC)c1.[KH]. The summed E-state index contributed by atoms with van der Waals surface area (Å²) in [5.74, 6) is 0.680. The summed E-state index contributed by atoms with van der Waals surface area (Å²) in [6, 6.07) is 5.27. The minimum atomic E-state index is 0. The quantitative estimate of drug-likeness (QED) is 0.597. The molecule has 3 heteroatoms. The second-order valence-corrected chi connectivity index (χ2v) is 2.50. The zero-order valence-corrected chi connectivity index (χ0v) is 7.08. The van der Waals surface area contributed by atoms with Gasteiger partial charge in [-0.15, -0.1) is 6.58 Å². The van der Waals surface area contributed by atoms with Crippen LogP contribution in [0.3, 0.4) is 0 Å². The molecule has 0 aliphatic rings. The summed E-state index contributed by atoms with van der Waals surface area (Å²) in [4.78, 5) is 0. The van der Waals surface area contributed by atoms with Crippen LogP contribution < -0.4 is 4.74 Å². The van der Waals surface area contributed by atoms with Gasteiger partial charge in [-0.05, 0) is 24.1 Å². The van der Waals surface area contributed by atoms with Crippen molar-refractivity contribution in [2.45, 2.75) is 6.42 Å². The molecule has 0 bridgehead atoms. The second-order valence-electron chi connectivity index (χ2n) is 2.50. The molecule has 66 valence electrons. The Morgan fingerprint density at radius 2 is 2.23 bits per heavy atom. The van der Waals surface area contributed by atoms with Crippen LogP contribution in [0.5, 0.6) is 11.5 Å². The molecular formula is C10H13KO2. The van der Waals surface area contributed by atoms with Crippen LogP contribution in [-0.2, 0) is 6.42 Å². The van der Waals surface area contributed by atoms with Gasteiger partial charge in [0, 0.05) is 0 Å². The van der Waals surface area contributed by atoms with Crippen molar-refractivity contribution in [3.05, 3.63) is 36.4 Å². The standard InChI is InChI=1S/C10H12O2.K.H/c1-3-4-8-5-6-9(11)10(7-8)12-2;;/h3,5-7,11H,1,4H2,2H3;;. The molecule has 1 rings (SSSR count). The Morgan fingerprint density at radius 3 is 2.77 bits per heavy atom. The van der Waals surface area contributed by atoms with E-state index in [-0.39, 0.29) is 57.1 Å². The fourth-order valence-electron chi connectivity index (χ4n) is 1.02. The third-order valence-electron chi connectivity index (χ3n) is 1.62. The van der Waals surface area contributed by atoms with Gasteiger partial charge < -0.3 is 9.84 Å². The third kappa shape index (κ3) is 3.83. The number of methoxy groups -OCH3 is 1. The first-order valence-electron chi connectivity index (χ1n) is 3.74. The maximum absolute atomic E-state index is 9.25. The number of phenols is 1. The molecule has 1 N–H and O–H groups in total. The van der Waals surface area contributed by atoms with Crippen molar-refractivity contribution in [2.24, 2.45) is 0 Å². The number of benzene rings is 1. The molecule has 0 fully saturated rings. The summed E-state index contributed by atoms with van der Waals surface area (Å²) < 4.78 is 4.95. The van der Waals surface area contributed by atoms with Gasteiger partial charge in [0.15, 0.2) is 11.5 Å². The van der Waals surface area contributed by atoms with Crippen molar-refractivity contribution < 1.29 is 9.84 Å². The van der Waals surface area contributed by atoms with Gasteiger partial charge in [0.2, 0.25) is 0 Å². The molecule has 0 spiro atoms. The van der Waals surface area contributed by atoms with Crippen LogP contribution >= 0.6 is 0 Å². The van der Waals surface area contributed by atoms with E-state index >= 15 is 0 Å². The van der Waals surface area contributed by atoms with Crippen molar-refractivity contribution >= 4 is 51.4 Å². The fourth-order valence-corrected chi connectivity index (χ4v) is 1.02. The van der Waals surface area contributed by atoms with Crippen LogP contribution in [0, 0.1) is 0 Å². The summed E-state index contributed by atoms with van der Waals surface area (Å²) in [5, 5.41) is 9.25. The Balaban J connectivity index is 0.00000144. The number of hydrogen-bond acceptors (Lipinski definition) is 2. The van der Waals surface area contributed by atoms with E-state index in [1.165, 1.54) is 7.11 Å². The summed E-state index contributed by atoms with van der Waals surface area (Å²) in [5.41, 5.74) is 1.08. The Kier molecular flexibility index (Phi) is 6.72. The van der Waals surface area contributed by atoms with Crippen LogP contribution in [0.4, 0.5) is 0 Å². The van der Waals surface area contributed by atoms with E-state index in [4.69, 9.17) is 4.74 Å². The van der Waals surface area contributed by atoms with E-state index in [1.807, 2.05) is 12.1 Å². The molecule has 0 saturated carbocycles. The van der Waals surface area contributed by atoms with Gasteiger partial charge in [0.1, 0.15) is 0 Å². The van der Waals surface area contributed by atoms with E-state index < -0.39 is 0 Å².